The highest BCUT2D eigenvalue weighted by molar-refractivity contribution is 5.74. The average Bonchev–Trinajstić information content (AvgIpc) is 2.93. The predicted molar refractivity (Wildman–Crippen MR) is 87.2 cm³/mol. The predicted octanol–water partition coefficient (Wildman–Crippen LogP) is 2.16. The van der Waals surface area contributed by atoms with Crippen molar-refractivity contribution in [2.24, 2.45) is 0 Å². The Bertz CT molecular complexity index is 852. The molecule has 23 heavy (non-hydrogen) atoms. The lowest BCUT2D eigenvalue weighted by atomic mass is 10.1. The molecule has 6 heteroatoms. The number of rotatable bonds is 5. The molecular weight excluding hydrogens is 294 g/mol. The number of aromatic nitrogens is 1. The summed E-state index contributed by atoms with van der Waals surface area (Å²) in [6.45, 7) is 0.994. The van der Waals surface area contributed by atoms with Gasteiger partial charge in [0.25, 0.3) is 0 Å². The fraction of sp³-hybridized carbons (Fsp3) is 0.176. The number of carbonyl (C=O) groups is 1. The van der Waals surface area contributed by atoms with Crippen LogP contribution in [0.2, 0.25) is 0 Å². The number of amides is 2. The van der Waals surface area contributed by atoms with E-state index in [9.17, 15) is 9.59 Å². The number of hydrogen-bond acceptors (Lipinski definition) is 3. The number of H-pyrrole nitrogens is 1. The number of carbonyl (C=O) groups excluding carboxylic acids is 1. The van der Waals surface area contributed by atoms with Crippen molar-refractivity contribution in [2.75, 3.05) is 6.54 Å². The largest absolute Gasteiger partial charge is 0.417 e. The van der Waals surface area contributed by atoms with Gasteiger partial charge in [-0.25, -0.2) is 9.59 Å². The fourth-order valence-electron chi connectivity index (χ4n) is 2.31. The van der Waals surface area contributed by atoms with Crippen molar-refractivity contribution in [3.63, 3.8) is 0 Å². The number of aromatic amines is 1. The Kier molecular flexibility index (Phi) is 4.42. The van der Waals surface area contributed by atoms with Crippen LogP contribution in [-0.4, -0.2) is 17.6 Å². The molecule has 0 saturated heterocycles. The van der Waals surface area contributed by atoms with Crippen molar-refractivity contribution in [3.8, 4) is 0 Å². The lowest BCUT2D eigenvalue weighted by Crippen LogP contribution is -2.36. The van der Waals surface area contributed by atoms with Gasteiger partial charge in [-0.05, 0) is 29.7 Å². The summed E-state index contributed by atoms with van der Waals surface area (Å²) in [5.74, 6) is -0.462. The molecule has 0 radical (unpaired) electrons. The normalized spacial score (nSPS) is 10.6. The van der Waals surface area contributed by atoms with E-state index in [-0.39, 0.29) is 6.03 Å². The molecule has 3 aromatic rings. The molecule has 0 spiro atoms. The zero-order valence-electron chi connectivity index (χ0n) is 12.5. The van der Waals surface area contributed by atoms with E-state index in [1.165, 1.54) is 0 Å². The van der Waals surface area contributed by atoms with E-state index in [0.29, 0.717) is 30.6 Å². The Labute approximate surface area is 132 Å². The van der Waals surface area contributed by atoms with E-state index in [1.807, 2.05) is 36.4 Å². The monoisotopic (exact) mass is 311 g/mol. The van der Waals surface area contributed by atoms with Gasteiger partial charge in [-0.1, -0.05) is 36.4 Å². The minimum atomic E-state index is -0.462. The maximum Gasteiger partial charge on any atom is 0.417 e. The Balaban J connectivity index is 1.46. The molecule has 0 saturated carbocycles. The summed E-state index contributed by atoms with van der Waals surface area (Å²) in [5, 5.41) is 5.61. The molecule has 0 aliphatic carbocycles. The summed E-state index contributed by atoms with van der Waals surface area (Å²) >= 11 is 0. The van der Waals surface area contributed by atoms with Gasteiger partial charge in [-0.3, -0.25) is 4.98 Å². The van der Waals surface area contributed by atoms with Crippen molar-refractivity contribution in [3.05, 3.63) is 70.2 Å². The molecule has 1 heterocycles. The minimum absolute atomic E-state index is 0.205. The third kappa shape index (κ3) is 4.00. The minimum Gasteiger partial charge on any atom is -0.408 e. The third-order valence-corrected chi connectivity index (χ3v) is 3.48. The van der Waals surface area contributed by atoms with Crippen LogP contribution in [0.4, 0.5) is 4.79 Å². The summed E-state index contributed by atoms with van der Waals surface area (Å²) in [7, 11) is 0. The van der Waals surface area contributed by atoms with Gasteiger partial charge in [0.05, 0.1) is 5.52 Å². The quantitative estimate of drug-likeness (QED) is 0.675. The van der Waals surface area contributed by atoms with Crippen LogP contribution in [0, 0.1) is 0 Å². The van der Waals surface area contributed by atoms with Crippen molar-refractivity contribution in [1.29, 1.82) is 0 Å². The Morgan fingerprint density at radius 3 is 2.70 bits per heavy atom. The molecule has 3 N–H and O–H groups in total. The van der Waals surface area contributed by atoms with Gasteiger partial charge >= 0.3 is 11.8 Å². The second kappa shape index (κ2) is 6.83. The van der Waals surface area contributed by atoms with Crippen molar-refractivity contribution >= 4 is 17.1 Å². The zero-order valence-corrected chi connectivity index (χ0v) is 12.5. The molecule has 0 unspecified atom stereocenters. The SMILES string of the molecule is O=C(NCCc1ccc2[nH]c(=O)oc2c1)NCc1ccccc1. The first kappa shape index (κ1) is 14.9. The van der Waals surface area contributed by atoms with Crippen LogP contribution in [0.3, 0.4) is 0 Å². The van der Waals surface area contributed by atoms with Gasteiger partial charge in [0, 0.05) is 13.1 Å². The van der Waals surface area contributed by atoms with Crippen LogP contribution in [0.15, 0.2) is 57.7 Å². The Morgan fingerprint density at radius 2 is 1.87 bits per heavy atom. The van der Waals surface area contributed by atoms with Crippen LogP contribution in [0.1, 0.15) is 11.1 Å². The molecule has 118 valence electrons. The van der Waals surface area contributed by atoms with E-state index >= 15 is 0 Å². The fourth-order valence-corrected chi connectivity index (χ4v) is 2.31. The summed E-state index contributed by atoms with van der Waals surface area (Å²) < 4.78 is 5.01. The first-order valence-electron chi connectivity index (χ1n) is 7.38. The first-order chi connectivity index (χ1) is 11.2. The van der Waals surface area contributed by atoms with Gasteiger partial charge in [-0.2, -0.15) is 0 Å². The molecule has 0 fully saturated rings. The maximum atomic E-state index is 11.7. The van der Waals surface area contributed by atoms with Crippen LogP contribution in [0.25, 0.3) is 11.1 Å². The highest BCUT2D eigenvalue weighted by atomic mass is 16.4. The molecule has 3 rings (SSSR count). The van der Waals surface area contributed by atoms with E-state index in [1.54, 1.807) is 12.1 Å². The molecule has 1 aromatic heterocycles. The van der Waals surface area contributed by atoms with Gasteiger partial charge in [0.1, 0.15) is 0 Å². The second-order valence-electron chi connectivity index (χ2n) is 5.19. The summed E-state index contributed by atoms with van der Waals surface area (Å²) in [6.07, 6.45) is 0.656. The van der Waals surface area contributed by atoms with Crippen molar-refractivity contribution in [1.82, 2.24) is 15.6 Å². The number of benzene rings is 2. The second-order valence-corrected chi connectivity index (χ2v) is 5.19. The van der Waals surface area contributed by atoms with Crippen LogP contribution in [0.5, 0.6) is 0 Å². The average molecular weight is 311 g/mol. The molecule has 0 atom stereocenters. The van der Waals surface area contributed by atoms with E-state index in [2.05, 4.69) is 15.6 Å². The van der Waals surface area contributed by atoms with Gasteiger partial charge < -0.3 is 15.1 Å². The number of nitrogens with one attached hydrogen (secondary N) is 3. The maximum absolute atomic E-state index is 11.7. The topological polar surface area (TPSA) is 87.1 Å². The van der Waals surface area contributed by atoms with Gasteiger partial charge in [0.2, 0.25) is 0 Å². The van der Waals surface area contributed by atoms with Gasteiger partial charge in [0.15, 0.2) is 5.58 Å². The standard InChI is InChI=1S/C17H17N3O3/c21-16(19-11-13-4-2-1-3-5-13)18-9-8-12-6-7-14-15(10-12)23-17(22)20-14/h1-7,10H,8-9,11H2,(H,20,22)(H2,18,19,21). The molecule has 2 aromatic carbocycles. The van der Waals surface area contributed by atoms with E-state index in [0.717, 1.165) is 11.1 Å². The Morgan fingerprint density at radius 1 is 1.04 bits per heavy atom. The molecule has 0 bridgehead atoms. The molecule has 2 amide bonds. The first-order valence-corrected chi connectivity index (χ1v) is 7.38. The lowest BCUT2D eigenvalue weighted by molar-refractivity contribution is 0.240. The summed E-state index contributed by atoms with van der Waals surface area (Å²) in [4.78, 5) is 25.4. The summed E-state index contributed by atoms with van der Waals surface area (Å²) in [5.41, 5.74) is 3.24. The van der Waals surface area contributed by atoms with Crippen LogP contribution in [-0.2, 0) is 13.0 Å². The molecular formula is C17H17N3O3. The van der Waals surface area contributed by atoms with Crippen LogP contribution < -0.4 is 16.4 Å². The number of hydrogen-bond donors (Lipinski definition) is 3. The molecule has 0 aliphatic rings. The Hall–Kier alpha value is -3.02. The van der Waals surface area contributed by atoms with Crippen molar-refractivity contribution < 1.29 is 9.21 Å². The molecule has 0 aliphatic heterocycles. The van der Waals surface area contributed by atoms with E-state index < -0.39 is 5.76 Å². The lowest BCUT2D eigenvalue weighted by Gasteiger charge is -2.07. The third-order valence-electron chi connectivity index (χ3n) is 3.48. The highest BCUT2D eigenvalue weighted by Crippen LogP contribution is 2.12. The number of urea groups is 1. The zero-order chi connectivity index (χ0) is 16.1. The number of oxazole rings is 1. The molecule has 6 nitrogen and oxygen atoms in total. The summed E-state index contributed by atoms with van der Waals surface area (Å²) in [6, 6.07) is 15.0. The highest BCUT2D eigenvalue weighted by Gasteiger charge is 2.03. The van der Waals surface area contributed by atoms with Crippen LogP contribution >= 0.6 is 0 Å². The smallest absolute Gasteiger partial charge is 0.408 e. The van der Waals surface area contributed by atoms with E-state index in [4.69, 9.17) is 4.42 Å². The van der Waals surface area contributed by atoms with Crippen molar-refractivity contribution in [2.45, 2.75) is 13.0 Å². The van der Waals surface area contributed by atoms with Gasteiger partial charge in [-0.15, -0.1) is 0 Å². The number of fused-ring (bicyclic) bond motifs is 1.